The lowest BCUT2D eigenvalue weighted by Gasteiger charge is -2.44. The van der Waals surface area contributed by atoms with Crippen molar-refractivity contribution in [3.05, 3.63) is 47.8 Å². The van der Waals surface area contributed by atoms with E-state index in [4.69, 9.17) is 14.5 Å². The molecule has 2 atom stereocenters. The van der Waals surface area contributed by atoms with E-state index >= 15 is 0 Å². The van der Waals surface area contributed by atoms with Gasteiger partial charge in [-0.1, -0.05) is 30.3 Å². The number of rotatable bonds is 4. The zero-order chi connectivity index (χ0) is 21.3. The van der Waals surface area contributed by atoms with Gasteiger partial charge in [0.05, 0.1) is 24.9 Å². The highest BCUT2D eigenvalue weighted by Crippen LogP contribution is 2.41. The lowest BCUT2D eigenvalue weighted by molar-refractivity contribution is -0.143. The highest BCUT2D eigenvalue weighted by Gasteiger charge is 2.44. The number of methoxy groups -OCH3 is 1. The second-order valence-electron chi connectivity index (χ2n) is 8.87. The normalized spacial score (nSPS) is 24.1. The Morgan fingerprint density at radius 3 is 2.81 bits per heavy atom. The molecule has 1 aromatic carbocycles. The summed E-state index contributed by atoms with van der Waals surface area (Å²) in [5.74, 6) is 1.36. The first-order valence-corrected chi connectivity index (χ1v) is 11.3. The standard InChI is InChI=1S/C24H30N4O3.ClH/c1-30-16-17-13-20(25-14-17)23(29)28-10-8-24(9-11-28)21-19(7-12-31-24)15-26-22(27-21)18-5-3-2-4-6-18;/h2-6,15,17,20,25H,7-14,16H2,1H3;1H/t17-,20-;/m0./s1. The quantitative estimate of drug-likeness (QED) is 0.758. The molecule has 2 aromatic rings. The highest BCUT2D eigenvalue weighted by atomic mass is 35.5. The number of aromatic nitrogens is 2. The Labute approximate surface area is 195 Å². The monoisotopic (exact) mass is 458 g/mol. The van der Waals surface area contributed by atoms with Crippen LogP contribution in [-0.2, 0) is 26.3 Å². The van der Waals surface area contributed by atoms with Gasteiger partial charge in [0.15, 0.2) is 5.82 Å². The Morgan fingerprint density at radius 1 is 1.28 bits per heavy atom. The molecule has 0 saturated carbocycles. The molecule has 1 spiro atoms. The smallest absolute Gasteiger partial charge is 0.239 e. The molecule has 32 heavy (non-hydrogen) atoms. The van der Waals surface area contributed by atoms with Crippen LogP contribution < -0.4 is 5.32 Å². The van der Waals surface area contributed by atoms with Gasteiger partial charge < -0.3 is 19.7 Å². The minimum Gasteiger partial charge on any atom is -0.384 e. The molecular weight excluding hydrogens is 428 g/mol. The Bertz CT molecular complexity index is 934. The maximum absolute atomic E-state index is 13.1. The molecule has 1 amide bonds. The summed E-state index contributed by atoms with van der Waals surface area (Å²) in [6.07, 6.45) is 5.18. The zero-order valence-corrected chi connectivity index (χ0v) is 19.3. The third kappa shape index (κ3) is 4.39. The number of hydrogen-bond donors (Lipinski definition) is 1. The Kier molecular flexibility index (Phi) is 7.10. The van der Waals surface area contributed by atoms with E-state index in [0.29, 0.717) is 32.2 Å². The number of nitrogens with zero attached hydrogens (tertiary/aromatic N) is 3. The minimum atomic E-state index is -0.418. The third-order valence-corrected chi connectivity index (χ3v) is 6.88. The van der Waals surface area contributed by atoms with E-state index in [1.165, 1.54) is 5.56 Å². The number of benzene rings is 1. The van der Waals surface area contributed by atoms with Crippen molar-refractivity contribution < 1.29 is 14.3 Å². The molecule has 3 aliphatic heterocycles. The van der Waals surface area contributed by atoms with Crippen molar-refractivity contribution in [3.8, 4) is 11.4 Å². The number of likely N-dealkylation sites (tertiary alicyclic amines) is 1. The summed E-state index contributed by atoms with van der Waals surface area (Å²) >= 11 is 0. The molecular formula is C24H31ClN4O3. The van der Waals surface area contributed by atoms with Crippen molar-refractivity contribution in [2.45, 2.75) is 37.3 Å². The lowest BCUT2D eigenvalue weighted by Crippen LogP contribution is -2.52. The van der Waals surface area contributed by atoms with Crippen molar-refractivity contribution in [1.29, 1.82) is 0 Å². The number of fused-ring (bicyclic) bond motifs is 2. The topological polar surface area (TPSA) is 76.6 Å². The fraction of sp³-hybridized carbons (Fsp3) is 0.542. The van der Waals surface area contributed by atoms with Gasteiger partial charge in [0.25, 0.3) is 0 Å². The summed E-state index contributed by atoms with van der Waals surface area (Å²) in [7, 11) is 1.72. The molecule has 3 aliphatic rings. The van der Waals surface area contributed by atoms with Crippen molar-refractivity contribution in [2.75, 3.05) is 40.0 Å². The molecule has 2 fully saturated rings. The molecule has 4 heterocycles. The van der Waals surface area contributed by atoms with Crippen LogP contribution in [0.4, 0.5) is 0 Å². The number of carbonyl (C=O) groups excluding carboxylic acids is 1. The second kappa shape index (κ2) is 9.83. The van der Waals surface area contributed by atoms with Crippen molar-refractivity contribution in [2.24, 2.45) is 5.92 Å². The Hall–Kier alpha value is -2.06. The highest BCUT2D eigenvalue weighted by molar-refractivity contribution is 5.85. The van der Waals surface area contributed by atoms with Gasteiger partial charge in [-0.3, -0.25) is 4.79 Å². The van der Waals surface area contributed by atoms with Crippen LogP contribution in [0.3, 0.4) is 0 Å². The molecule has 0 unspecified atom stereocenters. The second-order valence-corrected chi connectivity index (χ2v) is 8.87. The maximum Gasteiger partial charge on any atom is 0.239 e. The number of piperidine rings is 1. The van der Waals surface area contributed by atoms with Crippen molar-refractivity contribution >= 4 is 18.3 Å². The van der Waals surface area contributed by atoms with E-state index in [0.717, 1.165) is 49.3 Å². The van der Waals surface area contributed by atoms with Crippen LogP contribution in [0.5, 0.6) is 0 Å². The average Bonchev–Trinajstić information content (AvgIpc) is 3.29. The third-order valence-electron chi connectivity index (χ3n) is 6.88. The number of nitrogens with one attached hydrogen (secondary N) is 1. The Balaban J connectivity index is 0.00000245. The molecule has 1 N–H and O–H groups in total. The van der Waals surface area contributed by atoms with Crippen LogP contribution in [-0.4, -0.2) is 66.8 Å². The van der Waals surface area contributed by atoms with Gasteiger partial charge in [-0.2, -0.15) is 0 Å². The van der Waals surface area contributed by atoms with Gasteiger partial charge in [-0.05, 0) is 37.2 Å². The SMILES string of the molecule is COC[C@@H]1CN[C@H](C(=O)N2CCC3(CC2)OCCc2cnc(-c4ccccc4)nc23)C1.Cl. The molecule has 7 nitrogen and oxygen atoms in total. The maximum atomic E-state index is 13.1. The van der Waals surface area contributed by atoms with Crippen molar-refractivity contribution in [1.82, 2.24) is 20.2 Å². The van der Waals surface area contributed by atoms with Crippen LogP contribution in [0, 0.1) is 5.92 Å². The van der Waals surface area contributed by atoms with Gasteiger partial charge in [0.2, 0.25) is 5.91 Å². The lowest BCUT2D eigenvalue weighted by atomic mass is 9.83. The predicted octanol–water partition coefficient (Wildman–Crippen LogP) is 2.58. The van der Waals surface area contributed by atoms with E-state index in [-0.39, 0.29) is 24.4 Å². The van der Waals surface area contributed by atoms with Crippen LogP contribution in [0.2, 0.25) is 0 Å². The Morgan fingerprint density at radius 2 is 2.06 bits per heavy atom. The average molecular weight is 459 g/mol. The number of halogens is 1. The molecule has 5 rings (SSSR count). The van der Waals surface area contributed by atoms with Crippen LogP contribution in [0.15, 0.2) is 36.5 Å². The summed E-state index contributed by atoms with van der Waals surface area (Å²) in [6, 6.07) is 9.97. The van der Waals surface area contributed by atoms with Crippen molar-refractivity contribution in [3.63, 3.8) is 0 Å². The van der Waals surface area contributed by atoms with E-state index in [1.807, 2.05) is 41.4 Å². The molecule has 0 aliphatic carbocycles. The van der Waals surface area contributed by atoms with Gasteiger partial charge in [0.1, 0.15) is 5.60 Å². The number of ether oxygens (including phenoxy) is 2. The van der Waals surface area contributed by atoms with Crippen LogP contribution >= 0.6 is 12.4 Å². The van der Waals surface area contributed by atoms with E-state index in [1.54, 1.807) is 7.11 Å². The van der Waals surface area contributed by atoms with Gasteiger partial charge in [-0.25, -0.2) is 9.97 Å². The number of hydrogen-bond acceptors (Lipinski definition) is 6. The first-order valence-electron chi connectivity index (χ1n) is 11.3. The number of carbonyl (C=O) groups is 1. The van der Waals surface area contributed by atoms with Gasteiger partial charge >= 0.3 is 0 Å². The van der Waals surface area contributed by atoms with E-state index < -0.39 is 5.60 Å². The zero-order valence-electron chi connectivity index (χ0n) is 18.5. The van der Waals surface area contributed by atoms with Gasteiger partial charge in [-0.15, -0.1) is 12.4 Å². The summed E-state index contributed by atoms with van der Waals surface area (Å²) in [5, 5.41) is 3.38. The fourth-order valence-corrected chi connectivity index (χ4v) is 5.18. The molecule has 0 radical (unpaired) electrons. The number of amides is 1. The molecule has 0 bridgehead atoms. The van der Waals surface area contributed by atoms with E-state index in [2.05, 4.69) is 10.3 Å². The molecule has 1 aromatic heterocycles. The largest absolute Gasteiger partial charge is 0.384 e. The first-order chi connectivity index (χ1) is 15.2. The van der Waals surface area contributed by atoms with Crippen LogP contribution in [0.1, 0.15) is 30.5 Å². The fourth-order valence-electron chi connectivity index (χ4n) is 5.18. The summed E-state index contributed by atoms with van der Waals surface area (Å²) in [6.45, 7) is 3.61. The summed E-state index contributed by atoms with van der Waals surface area (Å²) in [5.41, 5.74) is 2.78. The summed E-state index contributed by atoms with van der Waals surface area (Å²) < 4.78 is 11.6. The summed E-state index contributed by atoms with van der Waals surface area (Å²) in [4.78, 5) is 24.6. The molecule has 8 heteroatoms. The first kappa shape index (κ1) is 23.1. The van der Waals surface area contributed by atoms with E-state index in [9.17, 15) is 4.79 Å². The molecule has 172 valence electrons. The van der Waals surface area contributed by atoms with Gasteiger partial charge in [0, 0.05) is 38.5 Å². The predicted molar refractivity (Wildman–Crippen MR) is 124 cm³/mol. The molecule has 2 saturated heterocycles. The minimum absolute atomic E-state index is 0. The van der Waals surface area contributed by atoms with Crippen LogP contribution in [0.25, 0.3) is 11.4 Å².